The maximum atomic E-state index is 12.3. The van der Waals surface area contributed by atoms with Gasteiger partial charge in [0.2, 0.25) is 5.91 Å². The highest BCUT2D eigenvalue weighted by molar-refractivity contribution is 6.06. The average Bonchev–Trinajstić information content (AvgIpc) is 2.77. The van der Waals surface area contributed by atoms with Gasteiger partial charge < -0.3 is 20.7 Å². The summed E-state index contributed by atoms with van der Waals surface area (Å²) in [6, 6.07) is 18.0. The number of hydrogen-bond donors (Lipinski definition) is 3. The standard InChI is InChI=1S/C22H22N4O3/c23-14-17(15-25-21(27)16-10-12-24-13-11-16)22(28)26-18-6-8-20(9-7-18)29-19-4-2-1-3-5-19/h1-9,15-16,24H,10-13H2,(H,25,27)(H,26,28)/b17-15-. The van der Waals surface area contributed by atoms with Crippen molar-refractivity contribution in [2.75, 3.05) is 18.4 Å². The predicted octanol–water partition coefficient (Wildman–Crippen LogP) is 2.94. The number of para-hydroxylation sites is 1. The van der Waals surface area contributed by atoms with Crippen LogP contribution in [0.25, 0.3) is 0 Å². The van der Waals surface area contributed by atoms with Crippen LogP contribution in [0.3, 0.4) is 0 Å². The lowest BCUT2D eigenvalue weighted by atomic mass is 9.97. The van der Waals surface area contributed by atoms with Crippen molar-refractivity contribution >= 4 is 17.5 Å². The number of hydrogen-bond acceptors (Lipinski definition) is 5. The zero-order valence-corrected chi connectivity index (χ0v) is 15.9. The first-order chi connectivity index (χ1) is 14.2. The summed E-state index contributed by atoms with van der Waals surface area (Å²) in [5, 5.41) is 17.6. The van der Waals surface area contributed by atoms with Gasteiger partial charge in [0.1, 0.15) is 23.1 Å². The van der Waals surface area contributed by atoms with Crippen LogP contribution in [0.5, 0.6) is 11.5 Å². The lowest BCUT2D eigenvalue weighted by Crippen LogP contribution is -2.36. The first-order valence-electron chi connectivity index (χ1n) is 9.41. The Bertz CT molecular complexity index is 911. The number of rotatable bonds is 6. The van der Waals surface area contributed by atoms with Crippen molar-refractivity contribution in [2.45, 2.75) is 12.8 Å². The van der Waals surface area contributed by atoms with E-state index in [4.69, 9.17) is 4.74 Å². The van der Waals surface area contributed by atoms with Gasteiger partial charge in [-0.1, -0.05) is 18.2 Å². The maximum Gasteiger partial charge on any atom is 0.267 e. The molecule has 0 bridgehead atoms. The fraction of sp³-hybridized carbons (Fsp3) is 0.227. The molecule has 2 aromatic carbocycles. The maximum absolute atomic E-state index is 12.3. The molecule has 148 valence electrons. The van der Waals surface area contributed by atoms with E-state index in [0.717, 1.165) is 25.9 Å². The molecule has 1 fully saturated rings. The van der Waals surface area contributed by atoms with Gasteiger partial charge in [0.15, 0.2) is 0 Å². The van der Waals surface area contributed by atoms with E-state index in [1.165, 1.54) is 6.20 Å². The highest BCUT2D eigenvalue weighted by Crippen LogP contribution is 2.22. The van der Waals surface area contributed by atoms with Crippen LogP contribution in [-0.2, 0) is 9.59 Å². The van der Waals surface area contributed by atoms with Gasteiger partial charge in [0.25, 0.3) is 5.91 Å². The van der Waals surface area contributed by atoms with E-state index >= 15 is 0 Å². The molecule has 0 spiro atoms. The Labute approximate surface area is 169 Å². The van der Waals surface area contributed by atoms with Crippen molar-refractivity contribution in [3.63, 3.8) is 0 Å². The monoisotopic (exact) mass is 390 g/mol. The summed E-state index contributed by atoms with van der Waals surface area (Å²) in [6.45, 7) is 1.58. The minimum Gasteiger partial charge on any atom is -0.457 e. The second-order valence-corrected chi connectivity index (χ2v) is 6.60. The number of anilines is 1. The largest absolute Gasteiger partial charge is 0.457 e. The Kier molecular flexibility index (Phi) is 6.98. The molecule has 1 aliphatic heterocycles. The topological polar surface area (TPSA) is 103 Å². The van der Waals surface area contributed by atoms with Crippen LogP contribution in [0, 0.1) is 17.2 Å². The molecular formula is C22H22N4O3. The molecular weight excluding hydrogens is 368 g/mol. The number of nitrogens with one attached hydrogen (secondary N) is 3. The Hall–Kier alpha value is -3.63. The summed E-state index contributed by atoms with van der Waals surface area (Å²) in [6.07, 6.45) is 2.66. The summed E-state index contributed by atoms with van der Waals surface area (Å²) in [7, 11) is 0. The molecule has 1 saturated heterocycles. The summed E-state index contributed by atoms with van der Waals surface area (Å²) < 4.78 is 5.70. The van der Waals surface area contributed by atoms with Crippen molar-refractivity contribution in [1.29, 1.82) is 5.26 Å². The fourth-order valence-corrected chi connectivity index (χ4v) is 2.92. The average molecular weight is 390 g/mol. The normalized spacial score (nSPS) is 14.5. The first kappa shape index (κ1) is 20.1. The van der Waals surface area contributed by atoms with Gasteiger partial charge in [-0.25, -0.2) is 0 Å². The van der Waals surface area contributed by atoms with Gasteiger partial charge in [-0.3, -0.25) is 9.59 Å². The Morgan fingerprint density at radius 1 is 1.03 bits per heavy atom. The zero-order chi connectivity index (χ0) is 20.5. The van der Waals surface area contributed by atoms with Crippen molar-refractivity contribution in [3.8, 4) is 17.6 Å². The molecule has 1 aliphatic rings. The lowest BCUT2D eigenvalue weighted by Gasteiger charge is -2.20. The number of nitrogens with zero attached hydrogens (tertiary/aromatic N) is 1. The van der Waals surface area contributed by atoms with E-state index in [0.29, 0.717) is 17.2 Å². The molecule has 0 radical (unpaired) electrons. The molecule has 0 saturated carbocycles. The van der Waals surface area contributed by atoms with E-state index < -0.39 is 5.91 Å². The Morgan fingerprint density at radius 3 is 2.34 bits per heavy atom. The summed E-state index contributed by atoms with van der Waals surface area (Å²) in [4.78, 5) is 24.5. The summed E-state index contributed by atoms with van der Waals surface area (Å²) >= 11 is 0. The van der Waals surface area contributed by atoms with Crippen molar-refractivity contribution in [3.05, 3.63) is 66.4 Å². The van der Waals surface area contributed by atoms with Crippen LogP contribution >= 0.6 is 0 Å². The lowest BCUT2D eigenvalue weighted by molar-refractivity contribution is -0.124. The van der Waals surface area contributed by atoms with Gasteiger partial charge in [0.05, 0.1) is 0 Å². The number of nitriles is 1. The SMILES string of the molecule is N#C/C(=C/NC(=O)C1CCNCC1)C(=O)Nc1ccc(Oc2ccccc2)cc1. The van der Waals surface area contributed by atoms with E-state index in [1.807, 2.05) is 36.4 Å². The van der Waals surface area contributed by atoms with Crippen molar-refractivity contribution in [1.82, 2.24) is 10.6 Å². The third-order valence-corrected chi connectivity index (χ3v) is 4.52. The molecule has 0 atom stereocenters. The molecule has 0 aliphatic carbocycles. The van der Waals surface area contributed by atoms with Gasteiger partial charge in [-0.05, 0) is 62.3 Å². The van der Waals surface area contributed by atoms with Crippen LogP contribution in [0.1, 0.15) is 12.8 Å². The third-order valence-electron chi connectivity index (χ3n) is 4.52. The number of ether oxygens (including phenoxy) is 1. The quantitative estimate of drug-likeness (QED) is 0.520. The number of benzene rings is 2. The van der Waals surface area contributed by atoms with Crippen LogP contribution in [0.2, 0.25) is 0 Å². The molecule has 2 aromatic rings. The fourth-order valence-electron chi connectivity index (χ4n) is 2.92. The Morgan fingerprint density at radius 2 is 1.69 bits per heavy atom. The number of carbonyl (C=O) groups is 2. The molecule has 3 N–H and O–H groups in total. The van der Waals surface area contributed by atoms with Crippen LogP contribution in [-0.4, -0.2) is 24.9 Å². The van der Waals surface area contributed by atoms with Crippen LogP contribution in [0.15, 0.2) is 66.4 Å². The molecule has 0 aromatic heterocycles. The zero-order valence-electron chi connectivity index (χ0n) is 15.9. The van der Waals surface area contributed by atoms with Gasteiger partial charge >= 0.3 is 0 Å². The van der Waals surface area contributed by atoms with Gasteiger partial charge in [-0.2, -0.15) is 5.26 Å². The number of piperidine rings is 1. The molecule has 0 unspecified atom stereocenters. The molecule has 1 heterocycles. The Balaban J connectivity index is 1.56. The second-order valence-electron chi connectivity index (χ2n) is 6.60. The molecule has 3 rings (SSSR count). The van der Waals surface area contributed by atoms with Crippen molar-refractivity contribution < 1.29 is 14.3 Å². The molecule has 29 heavy (non-hydrogen) atoms. The van der Waals surface area contributed by atoms with E-state index in [1.54, 1.807) is 24.3 Å². The third kappa shape index (κ3) is 5.92. The predicted molar refractivity (Wildman–Crippen MR) is 109 cm³/mol. The first-order valence-corrected chi connectivity index (χ1v) is 9.41. The number of amides is 2. The molecule has 7 heteroatoms. The highest BCUT2D eigenvalue weighted by atomic mass is 16.5. The summed E-state index contributed by atoms with van der Waals surface area (Å²) in [5.41, 5.74) is 0.345. The van der Waals surface area contributed by atoms with Gasteiger partial charge in [0, 0.05) is 17.8 Å². The minimum absolute atomic E-state index is 0.104. The highest BCUT2D eigenvalue weighted by Gasteiger charge is 2.20. The smallest absolute Gasteiger partial charge is 0.267 e. The molecule has 2 amide bonds. The van der Waals surface area contributed by atoms with Crippen molar-refractivity contribution in [2.24, 2.45) is 5.92 Å². The second kappa shape index (κ2) is 10.1. The van der Waals surface area contributed by atoms with Gasteiger partial charge in [-0.15, -0.1) is 0 Å². The number of carbonyl (C=O) groups excluding carboxylic acids is 2. The van der Waals surface area contributed by atoms with E-state index in [-0.39, 0.29) is 17.4 Å². The van der Waals surface area contributed by atoms with E-state index in [2.05, 4.69) is 16.0 Å². The van der Waals surface area contributed by atoms with Crippen LogP contribution < -0.4 is 20.7 Å². The van der Waals surface area contributed by atoms with Crippen LogP contribution in [0.4, 0.5) is 5.69 Å². The van der Waals surface area contributed by atoms with E-state index in [9.17, 15) is 14.9 Å². The molecule has 7 nitrogen and oxygen atoms in total. The summed E-state index contributed by atoms with van der Waals surface area (Å²) in [5.74, 6) is 0.472. The minimum atomic E-state index is -0.588.